The van der Waals surface area contributed by atoms with Crippen molar-refractivity contribution in [3.05, 3.63) is 27.5 Å². The second-order valence-electron chi connectivity index (χ2n) is 2.43. The Bertz CT molecular complexity index is 459. The number of alkyl halides is 2. The minimum Gasteiger partial charge on any atom is -0.274 e. The maximum Gasteiger partial charge on any atom is 0.271 e. The van der Waals surface area contributed by atoms with Crippen LogP contribution in [-0.4, -0.2) is 10.2 Å². The smallest absolute Gasteiger partial charge is 0.271 e. The van der Waals surface area contributed by atoms with Crippen molar-refractivity contribution < 1.29 is 13.6 Å². The molecule has 3 nitrogen and oxygen atoms in total. The molecule has 0 fully saturated rings. The Morgan fingerprint density at radius 3 is 2.67 bits per heavy atom. The highest BCUT2D eigenvalue weighted by molar-refractivity contribution is 9.10. The predicted octanol–water partition coefficient (Wildman–Crippen LogP) is 3.03. The van der Waals surface area contributed by atoms with E-state index in [1.807, 2.05) is 0 Å². The Hall–Kier alpha value is -1.06. The summed E-state index contributed by atoms with van der Waals surface area (Å²) in [6, 6.07) is 1.66. The molecule has 0 unspecified atom stereocenters. The van der Waals surface area contributed by atoms with E-state index in [1.165, 1.54) is 0 Å². The highest BCUT2D eigenvalue weighted by atomic mass is 79.9. The zero-order valence-corrected chi connectivity index (χ0v) is 9.31. The molecule has 78 valence electrons. The third-order valence-corrected chi connectivity index (χ3v) is 2.61. The molecular formula is C8H2BrClF2N2O. The maximum atomic E-state index is 12.6. The van der Waals surface area contributed by atoms with E-state index in [2.05, 4.69) is 20.9 Å². The van der Waals surface area contributed by atoms with Gasteiger partial charge in [0.15, 0.2) is 0 Å². The third-order valence-electron chi connectivity index (χ3n) is 1.58. The first-order valence-corrected chi connectivity index (χ1v) is 4.72. The van der Waals surface area contributed by atoms with Gasteiger partial charge in [0.1, 0.15) is 11.8 Å². The molecule has 1 heterocycles. The van der Waals surface area contributed by atoms with Crippen molar-refractivity contribution >= 4 is 32.8 Å². The fourth-order valence-corrected chi connectivity index (χ4v) is 1.64. The van der Waals surface area contributed by atoms with Gasteiger partial charge in [-0.3, -0.25) is 4.79 Å². The van der Waals surface area contributed by atoms with Crippen molar-refractivity contribution in [3.63, 3.8) is 0 Å². The lowest BCUT2D eigenvalue weighted by molar-refractivity contribution is 0.106. The van der Waals surface area contributed by atoms with Crippen LogP contribution in [0.2, 0.25) is 0 Å². The average Bonchev–Trinajstić information content (AvgIpc) is 2.16. The number of halogens is 4. The number of aromatic nitrogens is 1. The molecule has 15 heavy (non-hydrogen) atoms. The van der Waals surface area contributed by atoms with Crippen molar-refractivity contribution in [1.82, 2.24) is 4.98 Å². The summed E-state index contributed by atoms with van der Waals surface area (Å²) >= 11 is 7.89. The topological polar surface area (TPSA) is 53.8 Å². The SMILES string of the molecule is N#Cc1cnc(C(=O)Cl)c(C(F)F)c1Br. The van der Waals surface area contributed by atoms with Gasteiger partial charge < -0.3 is 0 Å². The summed E-state index contributed by atoms with van der Waals surface area (Å²) in [5.41, 5.74) is -1.28. The molecule has 0 bridgehead atoms. The van der Waals surface area contributed by atoms with Gasteiger partial charge in [0, 0.05) is 10.7 Å². The lowest BCUT2D eigenvalue weighted by Gasteiger charge is -2.07. The molecule has 7 heteroatoms. The highest BCUT2D eigenvalue weighted by Gasteiger charge is 2.24. The van der Waals surface area contributed by atoms with Crippen LogP contribution in [0.1, 0.15) is 28.0 Å². The summed E-state index contributed by atoms with van der Waals surface area (Å²) < 4.78 is 25.0. The minimum absolute atomic E-state index is 0.0769. The van der Waals surface area contributed by atoms with Gasteiger partial charge in [-0.05, 0) is 27.5 Å². The summed E-state index contributed by atoms with van der Waals surface area (Å²) in [5.74, 6) is 0. The first kappa shape index (κ1) is 12.0. The number of nitriles is 1. The van der Waals surface area contributed by atoms with Crippen LogP contribution in [-0.2, 0) is 0 Å². The van der Waals surface area contributed by atoms with E-state index in [0.717, 1.165) is 6.20 Å². The normalized spacial score (nSPS) is 10.1. The van der Waals surface area contributed by atoms with E-state index in [9.17, 15) is 13.6 Å². The van der Waals surface area contributed by atoms with E-state index >= 15 is 0 Å². The standard InChI is InChI=1S/C8H2BrClF2N2O/c9-5-3(1-13)2-14-6(7(10)15)4(5)8(11)12/h2,8H. The number of carbonyl (C=O) groups is 1. The van der Waals surface area contributed by atoms with Crippen LogP contribution >= 0.6 is 27.5 Å². The van der Waals surface area contributed by atoms with E-state index in [4.69, 9.17) is 16.9 Å². The molecule has 1 rings (SSSR count). The van der Waals surface area contributed by atoms with Crippen LogP contribution in [0.4, 0.5) is 8.78 Å². The van der Waals surface area contributed by atoms with Gasteiger partial charge in [-0.25, -0.2) is 13.8 Å². The quantitative estimate of drug-likeness (QED) is 0.788. The molecule has 0 saturated carbocycles. The molecule has 0 radical (unpaired) electrons. The molecule has 1 aromatic heterocycles. The Morgan fingerprint density at radius 1 is 1.67 bits per heavy atom. The molecule has 0 aliphatic heterocycles. The molecule has 0 saturated heterocycles. The van der Waals surface area contributed by atoms with Crippen LogP contribution in [0.15, 0.2) is 10.7 Å². The Labute approximate surface area is 96.8 Å². The largest absolute Gasteiger partial charge is 0.274 e. The number of nitrogens with zero attached hydrogens (tertiary/aromatic N) is 2. The first-order valence-electron chi connectivity index (χ1n) is 3.55. The predicted molar refractivity (Wildman–Crippen MR) is 51.8 cm³/mol. The Kier molecular flexibility index (Phi) is 3.72. The molecular weight excluding hydrogens is 293 g/mol. The van der Waals surface area contributed by atoms with Crippen LogP contribution in [0, 0.1) is 11.3 Å². The van der Waals surface area contributed by atoms with Crippen LogP contribution in [0.5, 0.6) is 0 Å². The van der Waals surface area contributed by atoms with Crippen LogP contribution in [0.3, 0.4) is 0 Å². The molecule has 1 aromatic rings. The molecule has 0 aromatic carbocycles. The average molecular weight is 295 g/mol. The van der Waals surface area contributed by atoms with Crippen molar-refractivity contribution in [2.45, 2.75) is 6.43 Å². The minimum atomic E-state index is -2.93. The van der Waals surface area contributed by atoms with Gasteiger partial charge in [0.2, 0.25) is 0 Å². The summed E-state index contributed by atoms with van der Waals surface area (Å²) in [6.45, 7) is 0. The van der Waals surface area contributed by atoms with Crippen molar-refractivity contribution in [1.29, 1.82) is 5.26 Å². The Morgan fingerprint density at radius 2 is 2.27 bits per heavy atom. The summed E-state index contributed by atoms with van der Waals surface area (Å²) in [4.78, 5) is 14.2. The van der Waals surface area contributed by atoms with Gasteiger partial charge in [-0.15, -0.1) is 0 Å². The van der Waals surface area contributed by atoms with Crippen LogP contribution in [0.25, 0.3) is 0 Å². The van der Waals surface area contributed by atoms with Gasteiger partial charge in [-0.2, -0.15) is 5.26 Å². The van der Waals surface area contributed by atoms with Crippen molar-refractivity contribution in [3.8, 4) is 6.07 Å². The molecule has 0 aliphatic rings. The monoisotopic (exact) mass is 294 g/mol. The van der Waals surface area contributed by atoms with E-state index < -0.39 is 22.9 Å². The summed E-state index contributed by atoms with van der Waals surface area (Å²) in [5, 5.41) is 7.48. The lowest BCUT2D eigenvalue weighted by Crippen LogP contribution is -2.04. The number of carbonyl (C=O) groups excluding carboxylic acids is 1. The van der Waals surface area contributed by atoms with Gasteiger partial charge in [0.25, 0.3) is 11.7 Å². The van der Waals surface area contributed by atoms with Gasteiger partial charge >= 0.3 is 0 Å². The van der Waals surface area contributed by atoms with E-state index in [1.54, 1.807) is 6.07 Å². The van der Waals surface area contributed by atoms with E-state index in [0.29, 0.717) is 0 Å². The second kappa shape index (κ2) is 4.64. The fraction of sp³-hybridized carbons (Fsp3) is 0.125. The maximum absolute atomic E-state index is 12.6. The zero-order valence-electron chi connectivity index (χ0n) is 6.97. The van der Waals surface area contributed by atoms with Gasteiger partial charge in [-0.1, -0.05) is 0 Å². The van der Waals surface area contributed by atoms with Crippen molar-refractivity contribution in [2.75, 3.05) is 0 Å². The number of pyridine rings is 1. The van der Waals surface area contributed by atoms with Crippen LogP contribution < -0.4 is 0 Å². The summed E-state index contributed by atoms with van der Waals surface area (Å²) in [6.07, 6.45) is -1.93. The Balaban J connectivity index is 3.53. The molecule has 0 N–H and O–H groups in total. The van der Waals surface area contributed by atoms with Gasteiger partial charge in [0.05, 0.1) is 11.1 Å². The lowest BCUT2D eigenvalue weighted by atomic mass is 10.1. The summed E-state index contributed by atoms with van der Waals surface area (Å²) in [7, 11) is 0. The molecule has 0 spiro atoms. The number of hydrogen-bond donors (Lipinski definition) is 0. The highest BCUT2D eigenvalue weighted by Crippen LogP contribution is 2.32. The number of rotatable bonds is 2. The van der Waals surface area contributed by atoms with E-state index in [-0.39, 0.29) is 10.0 Å². The molecule has 0 amide bonds. The number of hydrogen-bond acceptors (Lipinski definition) is 3. The fourth-order valence-electron chi connectivity index (χ4n) is 0.938. The molecule has 0 aliphatic carbocycles. The second-order valence-corrected chi connectivity index (χ2v) is 3.57. The van der Waals surface area contributed by atoms with Crippen molar-refractivity contribution in [2.24, 2.45) is 0 Å². The first-order chi connectivity index (χ1) is 6.99. The zero-order chi connectivity index (χ0) is 11.6. The molecule has 0 atom stereocenters. The third kappa shape index (κ3) is 2.30.